The number of carbonyl (C=O) groups excluding carboxylic acids is 2. The van der Waals surface area contributed by atoms with Crippen molar-refractivity contribution < 1.29 is 14.3 Å². The summed E-state index contributed by atoms with van der Waals surface area (Å²) in [7, 11) is 0. The van der Waals surface area contributed by atoms with Crippen molar-refractivity contribution in [1.29, 1.82) is 0 Å². The lowest BCUT2D eigenvalue weighted by molar-refractivity contribution is -0.133. The summed E-state index contributed by atoms with van der Waals surface area (Å²) in [4.78, 5) is 30.5. The van der Waals surface area contributed by atoms with Crippen molar-refractivity contribution in [2.45, 2.75) is 90.3 Å². The van der Waals surface area contributed by atoms with Crippen LogP contribution in [0.5, 0.6) is 0 Å². The van der Waals surface area contributed by atoms with Gasteiger partial charge in [-0.3, -0.25) is 9.59 Å². The molecule has 176 valence electrons. The van der Waals surface area contributed by atoms with E-state index in [-0.39, 0.29) is 17.9 Å². The van der Waals surface area contributed by atoms with Gasteiger partial charge in [0.15, 0.2) is 0 Å². The summed E-state index contributed by atoms with van der Waals surface area (Å²) in [5, 5.41) is 3.33. The van der Waals surface area contributed by atoms with E-state index in [0.717, 1.165) is 48.7 Å². The summed E-state index contributed by atoms with van der Waals surface area (Å²) in [6.07, 6.45) is 8.58. The van der Waals surface area contributed by atoms with E-state index in [9.17, 15) is 9.59 Å². The Morgan fingerprint density at radius 2 is 1.97 bits per heavy atom. The second kappa shape index (κ2) is 9.96. The Bertz CT molecular complexity index is 957. The highest BCUT2D eigenvalue weighted by atomic mass is 32.1. The molecular formula is C25H37N3O3S. The third-order valence-corrected chi connectivity index (χ3v) is 8.28. The van der Waals surface area contributed by atoms with Crippen molar-refractivity contribution in [2.24, 2.45) is 0 Å². The Morgan fingerprint density at radius 1 is 1.22 bits per heavy atom. The molecule has 1 N–H and O–H groups in total. The minimum absolute atomic E-state index is 0.0207. The number of nitrogens with one attached hydrogen (secondary N) is 1. The van der Waals surface area contributed by atoms with Gasteiger partial charge in [0.25, 0.3) is 5.91 Å². The highest BCUT2D eigenvalue weighted by Gasteiger charge is 2.48. The van der Waals surface area contributed by atoms with Crippen LogP contribution >= 0.6 is 11.3 Å². The van der Waals surface area contributed by atoms with Crippen LogP contribution in [0.1, 0.15) is 81.1 Å². The molecule has 0 radical (unpaired) electrons. The second-order valence-corrected chi connectivity index (χ2v) is 10.5. The fraction of sp³-hybridized carbons (Fsp3) is 0.680. The summed E-state index contributed by atoms with van der Waals surface area (Å²) in [5.74, 6) is -0.0692. The van der Waals surface area contributed by atoms with E-state index < -0.39 is 5.54 Å². The molecule has 1 aliphatic carbocycles. The van der Waals surface area contributed by atoms with Crippen LogP contribution in [0, 0.1) is 0 Å². The Morgan fingerprint density at radius 3 is 2.66 bits per heavy atom. The van der Waals surface area contributed by atoms with E-state index in [0.29, 0.717) is 32.0 Å². The number of ether oxygens (including phenoxy) is 1. The standard InChI is InChI=1S/C25H37N3O3S/c1-4-19-15-20-22(32-19)16-21-23(29)28(13-10-14-31-5-2)25(3,17-27(20)21)24(30)26-18-11-8-6-7-9-12-18/h15-16,18H,4-14,17H2,1-3H3,(H,26,30)/t25-/m1/s1. The van der Waals surface area contributed by atoms with Crippen LogP contribution in [0.4, 0.5) is 0 Å². The molecule has 1 aliphatic heterocycles. The number of hydrogen-bond acceptors (Lipinski definition) is 4. The minimum atomic E-state index is -0.914. The van der Waals surface area contributed by atoms with Gasteiger partial charge in [0.05, 0.1) is 16.8 Å². The molecule has 32 heavy (non-hydrogen) atoms. The molecule has 0 unspecified atom stereocenters. The van der Waals surface area contributed by atoms with Crippen molar-refractivity contribution in [3.8, 4) is 0 Å². The van der Waals surface area contributed by atoms with Gasteiger partial charge >= 0.3 is 0 Å². The zero-order valence-corrected chi connectivity index (χ0v) is 20.6. The van der Waals surface area contributed by atoms with Crippen molar-refractivity contribution >= 4 is 33.4 Å². The molecule has 2 aromatic heterocycles. The average Bonchev–Trinajstić information content (AvgIpc) is 3.22. The normalized spacial score (nSPS) is 22.2. The van der Waals surface area contributed by atoms with Crippen LogP contribution in [0.3, 0.4) is 0 Å². The Labute approximate surface area is 195 Å². The topological polar surface area (TPSA) is 63.6 Å². The number of nitrogens with zero attached hydrogens (tertiary/aromatic N) is 2. The van der Waals surface area contributed by atoms with E-state index in [1.807, 2.05) is 19.9 Å². The number of fused-ring (bicyclic) bond motifs is 3. The molecule has 2 amide bonds. The zero-order valence-electron chi connectivity index (χ0n) is 19.7. The smallest absolute Gasteiger partial charge is 0.271 e. The first-order valence-electron chi connectivity index (χ1n) is 12.3. The SMILES string of the molecule is CCOCCCN1C(=O)c2cc3sc(CC)cc3n2C[C@]1(C)C(=O)NC1CCCCCC1. The summed E-state index contributed by atoms with van der Waals surface area (Å²) >= 11 is 1.75. The lowest BCUT2D eigenvalue weighted by atomic mass is 9.93. The first-order chi connectivity index (χ1) is 15.5. The molecule has 0 aromatic carbocycles. The van der Waals surface area contributed by atoms with Gasteiger partial charge in [0.2, 0.25) is 5.91 Å². The fourth-order valence-electron chi connectivity index (χ4n) is 5.15. The molecule has 0 bridgehead atoms. The average molecular weight is 460 g/mol. The van der Waals surface area contributed by atoms with Gasteiger partial charge in [0.1, 0.15) is 11.2 Å². The molecule has 2 aromatic rings. The van der Waals surface area contributed by atoms with Gasteiger partial charge in [-0.15, -0.1) is 11.3 Å². The summed E-state index contributed by atoms with van der Waals surface area (Å²) in [6, 6.07) is 4.41. The van der Waals surface area contributed by atoms with Crippen LogP contribution in [0.15, 0.2) is 12.1 Å². The van der Waals surface area contributed by atoms with Crippen LogP contribution in [0.2, 0.25) is 0 Å². The number of aryl methyl sites for hydroxylation is 1. The van der Waals surface area contributed by atoms with Crippen LogP contribution in [0.25, 0.3) is 10.2 Å². The largest absolute Gasteiger partial charge is 0.382 e. The van der Waals surface area contributed by atoms with Gasteiger partial charge < -0.3 is 19.5 Å². The van der Waals surface area contributed by atoms with Gasteiger partial charge in [-0.25, -0.2) is 0 Å². The van der Waals surface area contributed by atoms with Crippen molar-refractivity contribution in [1.82, 2.24) is 14.8 Å². The quantitative estimate of drug-likeness (QED) is 0.458. The lowest BCUT2D eigenvalue weighted by Gasteiger charge is -2.44. The second-order valence-electron chi connectivity index (χ2n) is 9.37. The van der Waals surface area contributed by atoms with E-state index in [1.54, 1.807) is 16.2 Å². The molecule has 7 heteroatoms. The number of hydrogen-bond donors (Lipinski definition) is 1. The molecular weight excluding hydrogens is 422 g/mol. The fourth-order valence-corrected chi connectivity index (χ4v) is 6.19. The molecule has 0 spiro atoms. The number of amides is 2. The predicted molar refractivity (Wildman–Crippen MR) is 129 cm³/mol. The maximum Gasteiger partial charge on any atom is 0.271 e. The monoisotopic (exact) mass is 459 g/mol. The zero-order chi connectivity index (χ0) is 22.7. The first-order valence-corrected chi connectivity index (χ1v) is 13.1. The number of rotatable bonds is 8. The lowest BCUT2D eigenvalue weighted by Crippen LogP contribution is -2.65. The summed E-state index contributed by atoms with van der Waals surface area (Å²) in [6.45, 7) is 8.33. The van der Waals surface area contributed by atoms with Crippen molar-refractivity contribution in [2.75, 3.05) is 19.8 Å². The number of thiophene rings is 1. The van der Waals surface area contributed by atoms with Crippen LogP contribution in [-0.4, -0.2) is 52.6 Å². The Balaban J connectivity index is 1.64. The van der Waals surface area contributed by atoms with E-state index in [2.05, 4.69) is 22.9 Å². The Hall–Kier alpha value is -1.86. The van der Waals surface area contributed by atoms with Gasteiger partial charge in [-0.1, -0.05) is 32.6 Å². The highest BCUT2D eigenvalue weighted by molar-refractivity contribution is 7.19. The minimum Gasteiger partial charge on any atom is -0.382 e. The Kier molecular flexibility index (Phi) is 7.25. The molecule has 1 saturated carbocycles. The first kappa shape index (κ1) is 23.3. The molecule has 1 fully saturated rings. The molecule has 4 rings (SSSR count). The molecule has 3 heterocycles. The molecule has 1 atom stereocenters. The molecule has 6 nitrogen and oxygen atoms in total. The summed E-state index contributed by atoms with van der Waals surface area (Å²) < 4.78 is 8.73. The third kappa shape index (κ3) is 4.46. The maximum atomic E-state index is 13.7. The van der Waals surface area contributed by atoms with Gasteiger partial charge in [0, 0.05) is 30.7 Å². The van der Waals surface area contributed by atoms with Gasteiger partial charge in [-0.2, -0.15) is 0 Å². The van der Waals surface area contributed by atoms with E-state index in [4.69, 9.17) is 4.74 Å². The van der Waals surface area contributed by atoms with E-state index in [1.165, 1.54) is 17.7 Å². The molecule has 2 aliphatic rings. The highest BCUT2D eigenvalue weighted by Crippen LogP contribution is 2.36. The van der Waals surface area contributed by atoms with Gasteiger partial charge in [-0.05, 0) is 51.7 Å². The van der Waals surface area contributed by atoms with E-state index >= 15 is 0 Å². The van der Waals surface area contributed by atoms with Crippen LogP contribution < -0.4 is 5.32 Å². The summed E-state index contributed by atoms with van der Waals surface area (Å²) in [5.41, 5.74) is 0.866. The van der Waals surface area contributed by atoms with Crippen molar-refractivity contribution in [3.63, 3.8) is 0 Å². The van der Waals surface area contributed by atoms with Crippen molar-refractivity contribution in [3.05, 3.63) is 22.7 Å². The van der Waals surface area contributed by atoms with Crippen LogP contribution in [-0.2, 0) is 22.5 Å². The number of carbonyl (C=O) groups is 2. The molecule has 0 saturated heterocycles. The maximum absolute atomic E-state index is 13.7. The predicted octanol–water partition coefficient (Wildman–Crippen LogP) is 4.75. The number of aromatic nitrogens is 1. The third-order valence-electron chi connectivity index (χ3n) is 7.07.